The van der Waals surface area contributed by atoms with Gasteiger partial charge in [-0.1, -0.05) is 18.0 Å². The molecule has 1 saturated carbocycles. The van der Waals surface area contributed by atoms with Crippen LogP contribution in [0.2, 0.25) is 5.02 Å². The summed E-state index contributed by atoms with van der Waals surface area (Å²) in [4.78, 5) is 13.8. The molecule has 96 valence electrons. The Bertz CT molecular complexity index is 473. The maximum Gasteiger partial charge on any atom is 0.161 e. The third-order valence-electron chi connectivity index (χ3n) is 4.42. The summed E-state index contributed by atoms with van der Waals surface area (Å²) in [7, 11) is 0. The number of benzene rings is 1. The molecule has 0 radical (unpaired) electrons. The largest absolute Gasteiger partial charge is 0.371 e. The molecule has 2 aliphatic rings. The van der Waals surface area contributed by atoms with E-state index in [-0.39, 0.29) is 5.78 Å². The van der Waals surface area contributed by atoms with E-state index in [1.807, 2.05) is 18.2 Å². The number of ketones is 1. The summed E-state index contributed by atoms with van der Waals surface area (Å²) in [6.45, 7) is 3.86. The summed E-state index contributed by atoms with van der Waals surface area (Å²) in [5.74, 6) is 1.78. The van der Waals surface area contributed by atoms with Crippen molar-refractivity contribution in [2.24, 2.45) is 11.8 Å². The Labute approximate surface area is 113 Å². The molecule has 1 saturated heterocycles. The SMILES string of the molecule is CC(=O)c1ccc(N2CC3CCCC3C2)cc1Cl. The standard InChI is InChI=1S/C15H18ClNO/c1-10(18)14-6-5-13(7-15(14)16)17-8-11-3-2-4-12(11)9-17/h5-7,11-12H,2-4,8-9H2,1H3. The Morgan fingerprint density at radius 2 is 1.94 bits per heavy atom. The van der Waals surface area contributed by atoms with E-state index in [1.54, 1.807) is 6.92 Å². The molecule has 2 nitrogen and oxygen atoms in total. The molecule has 1 aliphatic heterocycles. The van der Waals surface area contributed by atoms with Gasteiger partial charge in [-0.25, -0.2) is 0 Å². The molecule has 2 unspecified atom stereocenters. The third-order valence-corrected chi connectivity index (χ3v) is 4.74. The zero-order valence-corrected chi connectivity index (χ0v) is 11.4. The zero-order chi connectivity index (χ0) is 12.7. The molecule has 0 spiro atoms. The van der Waals surface area contributed by atoms with Crippen LogP contribution in [0.25, 0.3) is 0 Å². The summed E-state index contributed by atoms with van der Waals surface area (Å²) in [6, 6.07) is 5.83. The van der Waals surface area contributed by atoms with E-state index in [2.05, 4.69) is 4.90 Å². The number of rotatable bonds is 2. The first-order valence-electron chi connectivity index (χ1n) is 6.70. The van der Waals surface area contributed by atoms with E-state index in [1.165, 1.54) is 24.9 Å². The number of halogens is 1. The van der Waals surface area contributed by atoms with E-state index in [4.69, 9.17) is 11.6 Å². The first-order chi connectivity index (χ1) is 8.65. The molecule has 0 N–H and O–H groups in total. The van der Waals surface area contributed by atoms with Crippen LogP contribution in [0.3, 0.4) is 0 Å². The number of carbonyl (C=O) groups excluding carboxylic acids is 1. The highest BCUT2D eigenvalue weighted by molar-refractivity contribution is 6.34. The van der Waals surface area contributed by atoms with Gasteiger partial charge in [0.1, 0.15) is 0 Å². The van der Waals surface area contributed by atoms with Gasteiger partial charge in [0.2, 0.25) is 0 Å². The number of hydrogen-bond acceptors (Lipinski definition) is 2. The van der Waals surface area contributed by atoms with Gasteiger partial charge in [0.05, 0.1) is 5.02 Å². The Hall–Kier alpha value is -1.02. The van der Waals surface area contributed by atoms with Gasteiger partial charge >= 0.3 is 0 Å². The second-order valence-corrected chi connectivity index (χ2v) is 5.98. The number of carbonyl (C=O) groups is 1. The van der Waals surface area contributed by atoms with Gasteiger partial charge in [-0.2, -0.15) is 0 Å². The van der Waals surface area contributed by atoms with Gasteiger partial charge in [0, 0.05) is 24.3 Å². The average Bonchev–Trinajstić information content (AvgIpc) is 2.87. The van der Waals surface area contributed by atoms with Gasteiger partial charge < -0.3 is 4.90 Å². The molecule has 2 fully saturated rings. The normalized spacial score (nSPS) is 26.4. The molecule has 3 heteroatoms. The molecular formula is C15H18ClNO. The van der Waals surface area contributed by atoms with Crippen molar-refractivity contribution in [3.8, 4) is 0 Å². The van der Waals surface area contributed by atoms with Gasteiger partial charge in [-0.05, 0) is 49.8 Å². The van der Waals surface area contributed by atoms with Crippen molar-refractivity contribution < 1.29 is 4.79 Å². The van der Waals surface area contributed by atoms with E-state index >= 15 is 0 Å². The third kappa shape index (κ3) is 2.03. The molecule has 0 bridgehead atoms. The van der Waals surface area contributed by atoms with Gasteiger partial charge in [0.25, 0.3) is 0 Å². The van der Waals surface area contributed by atoms with Crippen LogP contribution in [0.1, 0.15) is 36.5 Å². The molecule has 0 amide bonds. The smallest absolute Gasteiger partial charge is 0.161 e. The topological polar surface area (TPSA) is 20.3 Å². The fraction of sp³-hybridized carbons (Fsp3) is 0.533. The fourth-order valence-electron chi connectivity index (χ4n) is 3.43. The number of fused-ring (bicyclic) bond motifs is 1. The molecule has 1 aromatic carbocycles. The molecule has 1 aliphatic carbocycles. The number of nitrogens with zero attached hydrogens (tertiary/aromatic N) is 1. The van der Waals surface area contributed by atoms with Crippen molar-refractivity contribution >= 4 is 23.1 Å². The lowest BCUT2D eigenvalue weighted by Crippen LogP contribution is -2.20. The van der Waals surface area contributed by atoms with Crippen LogP contribution in [-0.4, -0.2) is 18.9 Å². The number of anilines is 1. The van der Waals surface area contributed by atoms with Crippen molar-refractivity contribution in [1.82, 2.24) is 0 Å². The van der Waals surface area contributed by atoms with Crippen LogP contribution in [0, 0.1) is 11.8 Å². The van der Waals surface area contributed by atoms with E-state index in [0.717, 1.165) is 24.9 Å². The second-order valence-electron chi connectivity index (χ2n) is 5.58. The molecule has 0 aromatic heterocycles. The number of hydrogen-bond donors (Lipinski definition) is 0. The lowest BCUT2D eigenvalue weighted by Gasteiger charge is -2.20. The Balaban J connectivity index is 1.81. The van der Waals surface area contributed by atoms with Crippen LogP contribution >= 0.6 is 11.6 Å². The predicted molar refractivity (Wildman–Crippen MR) is 74.5 cm³/mol. The Morgan fingerprint density at radius 1 is 1.28 bits per heavy atom. The molecular weight excluding hydrogens is 246 g/mol. The lowest BCUT2D eigenvalue weighted by atomic mass is 10.0. The van der Waals surface area contributed by atoms with Crippen LogP contribution in [-0.2, 0) is 0 Å². The summed E-state index contributed by atoms with van der Waals surface area (Å²) >= 11 is 6.18. The highest BCUT2D eigenvalue weighted by Crippen LogP contribution is 2.40. The maximum absolute atomic E-state index is 11.4. The second kappa shape index (κ2) is 4.58. The van der Waals surface area contributed by atoms with Crippen molar-refractivity contribution in [2.45, 2.75) is 26.2 Å². The minimum Gasteiger partial charge on any atom is -0.371 e. The minimum atomic E-state index is 0.0323. The van der Waals surface area contributed by atoms with Crippen molar-refractivity contribution in [3.05, 3.63) is 28.8 Å². The van der Waals surface area contributed by atoms with Crippen LogP contribution in [0.4, 0.5) is 5.69 Å². The highest BCUT2D eigenvalue weighted by atomic mass is 35.5. The zero-order valence-electron chi connectivity index (χ0n) is 10.7. The summed E-state index contributed by atoms with van der Waals surface area (Å²) in [5, 5.41) is 0.581. The van der Waals surface area contributed by atoms with E-state index < -0.39 is 0 Å². The van der Waals surface area contributed by atoms with E-state index in [9.17, 15) is 4.79 Å². The van der Waals surface area contributed by atoms with Gasteiger partial charge in [-0.3, -0.25) is 4.79 Å². The molecule has 2 atom stereocenters. The quantitative estimate of drug-likeness (QED) is 0.757. The van der Waals surface area contributed by atoms with Crippen LogP contribution in [0.15, 0.2) is 18.2 Å². The molecule has 1 aromatic rings. The van der Waals surface area contributed by atoms with Gasteiger partial charge in [-0.15, -0.1) is 0 Å². The lowest BCUT2D eigenvalue weighted by molar-refractivity contribution is 0.101. The highest BCUT2D eigenvalue weighted by Gasteiger charge is 2.36. The van der Waals surface area contributed by atoms with Crippen molar-refractivity contribution in [3.63, 3.8) is 0 Å². The Kier molecular flexibility index (Phi) is 3.06. The molecule has 1 heterocycles. The van der Waals surface area contributed by atoms with Crippen LogP contribution in [0.5, 0.6) is 0 Å². The fourth-order valence-corrected chi connectivity index (χ4v) is 3.74. The first-order valence-corrected chi connectivity index (χ1v) is 7.08. The van der Waals surface area contributed by atoms with Crippen molar-refractivity contribution in [2.75, 3.05) is 18.0 Å². The minimum absolute atomic E-state index is 0.0323. The van der Waals surface area contributed by atoms with Crippen molar-refractivity contribution in [1.29, 1.82) is 0 Å². The molecule has 18 heavy (non-hydrogen) atoms. The van der Waals surface area contributed by atoms with Gasteiger partial charge in [0.15, 0.2) is 5.78 Å². The average molecular weight is 264 g/mol. The molecule has 3 rings (SSSR count). The summed E-state index contributed by atoms with van der Waals surface area (Å²) in [5.41, 5.74) is 1.79. The number of Topliss-reactive ketones (excluding diaryl/α,β-unsaturated/α-hetero) is 1. The first kappa shape index (κ1) is 12.0. The summed E-state index contributed by atoms with van der Waals surface area (Å²) < 4.78 is 0. The van der Waals surface area contributed by atoms with Crippen LogP contribution < -0.4 is 4.90 Å². The summed E-state index contributed by atoms with van der Waals surface area (Å²) in [6.07, 6.45) is 4.15. The monoisotopic (exact) mass is 263 g/mol. The Morgan fingerprint density at radius 3 is 2.50 bits per heavy atom. The van der Waals surface area contributed by atoms with E-state index in [0.29, 0.717) is 10.6 Å². The predicted octanol–water partition coefficient (Wildman–Crippen LogP) is 3.78. The maximum atomic E-state index is 11.4.